The Morgan fingerprint density at radius 2 is 1.32 bits per heavy atom. The van der Waals surface area contributed by atoms with Crippen molar-refractivity contribution < 1.29 is 32.8 Å². The summed E-state index contributed by atoms with van der Waals surface area (Å²) in [4.78, 5) is 74.9. The van der Waals surface area contributed by atoms with Gasteiger partial charge in [-0.05, 0) is 123 Å². The van der Waals surface area contributed by atoms with Crippen molar-refractivity contribution in [3.05, 3.63) is 107 Å². The lowest BCUT2D eigenvalue weighted by atomic mass is 10.0. The maximum Gasteiger partial charge on any atom is 0.258 e. The van der Waals surface area contributed by atoms with Crippen LogP contribution >= 0.6 is 0 Å². The summed E-state index contributed by atoms with van der Waals surface area (Å²) in [5.74, 6) is -1.52. The molecular weight excluding hydrogens is 909 g/mol. The van der Waals surface area contributed by atoms with E-state index in [-0.39, 0.29) is 35.6 Å². The Bertz CT molecular complexity index is 2710. The van der Waals surface area contributed by atoms with E-state index in [1.54, 1.807) is 0 Å². The third-order valence-electron chi connectivity index (χ3n) is 14.2. The van der Waals surface area contributed by atoms with Gasteiger partial charge in [-0.1, -0.05) is 12.5 Å². The smallest absolute Gasteiger partial charge is 0.258 e. The van der Waals surface area contributed by atoms with E-state index in [0.29, 0.717) is 91.8 Å². The zero-order valence-corrected chi connectivity index (χ0v) is 40.3. The fraction of sp³-hybridized carbons (Fsp3) is 0.434. The predicted molar refractivity (Wildman–Crippen MR) is 271 cm³/mol. The summed E-state index contributed by atoms with van der Waals surface area (Å²) in [5.41, 5.74) is 6.09. The summed E-state index contributed by atoms with van der Waals surface area (Å²) in [6.45, 7) is 7.56. The highest BCUT2D eigenvalue weighted by Crippen LogP contribution is 2.30. The minimum atomic E-state index is -0.636. The van der Waals surface area contributed by atoms with Crippen LogP contribution < -0.4 is 31.1 Å². The molecule has 71 heavy (non-hydrogen) atoms. The number of benzene rings is 4. The second-order valence-electron chi connectivity index (χ2n) is 19.3. The van der Waals surface area contributed by atoms with Crippen LogP contribution in [0.1, 0.15) is 79.3 Å². The van der Waals surface area contributed by atoms with Crippen LogP contribution in [-0.4, -0.2) is 139 Å². The summed E-state index contributed by atoms with van der Waals surface area (Å²) < 4.78 is 27.9. The second-order valence-corrected chi connectivity index (χ2v) is 19.3. The lowest BCUT2D eigenvalue weighted by Crippen LogP contribution is -2.48. The van der Waals surface area contributed by atoms with Crippen molar-refractivity contribution in [2.45, 2.75) is 76.3 Å². The molecule has 4 aromatic carbocycles. The maximum absolute atomic E-state index is 14.1. The number of likely N-dealkylation sites (tertiary alicyclic amines) is 1. The molecule has 9 rings (SSSR count). The first kappa shape index (κ1) is 48.9. The molecule has 4 aliphatic rings. The lowest BCUT2D eigenvalue weighted by Gasteiger charge is -2.36. The van der Waals surface area contributed by atoms with Crippen molar-refractivity contribution in [3.63, 3.8) is 0 Å². The third kappa shape index (κ3) is 12.5. The van der Waals surface area contributed by atoms with Crippen LogP contribution in [0.5, 0.6) is 0 Å². The highest BCUT2D eigenvalue weighted by atomic mass is 19.1. The van der Waals surface area contributed by atoms with Gasteiger partial charge in [0, 0.05) is 125 Å². The SMILES string of the molecule is CN1CCN(c2ccc(C(=O)Nc3n[nH]c4ccc(Cc5cc(F)cc(F)c5)cc34)c(NC3CCN(C(=O)CCCCCC(=O)N4CCN(c5ccc(NC6CCC(=O)NC6=O)cc5)CC4)CC3)c2)CC1. The summed E-state index contributed by atoms with van der Waals surface area (Å²) in [7, 11) is 2.11. The highest BCUT2D eigenvalue weighted by molar-refractivity contribution is 6.11. The summed E-state index contributed by atoms with van der Waals surface area (Å²) in [6.07, 6.45) is 5.70. The molecule has 4 aliphatic heterocycles. The number of unbranched alkanes of at least 4 members (excludes halogenated alkanes) is 2. The van der Waals surface area contributed by atoms with Gasteiger partial charge < -0.3 is 40.4 Å². The number of likely N-dealkylation sites (N-methyl/N-ethyl adjacent to an activating group) is 1. The molecular formula is C53H63F2N11O5. The number of piperidine rings is 2. The molecule has 5 N–H and O–H groups in total. The van der Waals surface area contributed by atoms with Crippen molar-refractivity contribution in [3.8, 4) is 0 Å². The summed E-state index contributed by atoms with van der Waals surface area (Å²) >= 11 is 0. The van der Waals surface area contributed by atoms with Crippen LogP contribution in [0.3, 0.4) is 0 Å². The van der Waals surface area contributed by atoms with E-state index in [4.69, 9.17) is 0 Å². The van der Waals surface area contributed by atoms with Gasteiger partial charge in [0.1, 0.15) is 17.7 Å². The molecule has 4 saturated heterocycles. The van der Waals surface area contributed by atoms with E-state index in [1.165, 1.54) is 12.1 Å². The fourth-order valence-electron chi connectivity index (χ4n) is 10.1. The minimum absolute atomic E-state index is 0.0392. The highest BCUT2D eigenvalue weighted by Gasteiger charge is 2.28. The Morgan fingerprint density at radius 3 is 2.01 bits per heavy atom. The van der Waals surface area contributed by atoms with Crippen LogP contribution in [0, 0.1) is 11.6 Å². The van der Waals surface area contributed by atoms with Crippen LogP contribution in [-0.2, 0) is 25.6 Å². The molecule has 0 spiro atoms. The minimum Gasteiger partial charge on any atom is -0.381 e. The van der Waals surface area contributed by atoms with Crippen molar-refractivity contribution in [1.29, 1.82) is 0 Å². The Balaban J connectivity index is 0.725. The van der Waals surface area contributed by atoms with Crippen LogP contribution in [0.15, 0.2) is 78.9 Å². The summed E-state index contributed by atoms with van der Waals surface area (Å²) in [6, 6.07) is 22.4. The number of H-pyrrole nitrogens is 1. The number of imide groups is 1. The predicted octanol–water partition coefficient (Wildman–Crippen LogP) is 6.36. The number of halogens is 2. The summed E-state index contributed by atoms with van der Waals surface area (Å²) in [5, 5.41) is 20.3. The first-order valence-electron chi connectivity index (χ1n) is 25.0. The van der Waals surface area contributed by atoms with E-state index in [1.807, 2.05) is 64.4 Å². The van der Waals surface area contributed by atoms with Gasteiger partial charge in [0.05, 0.1) is 11.1 Å². The largest absolute Gasteiger partial charge is 0.381 e. The average molecular weight is 972 g/mol. The van der Waals surface area contributed by atoms with Gasteiger partial charge in [0.15, 0.2) is 5.82 Å². The lowest BCUT2D eigenvalue weighted by molar-refractivity contribution is -0.134. The van der Waals surface area contributed by atoms with E-state index < -0.39 is 17.7 Å². The van der Waals surface area contributed by atoms with Crippen molar-refractivity contribution in [1.82, 2.24) is 30.2 Å². The quantitative estimate of drug-likeness (QED) is 0.0550. The second kappa shape index (κ2) is 22.3. The number of rotatable bonds is 16. The van der Waals surface area contributed by atoms with Crippen molar-refractivity contribution in [2.75, 3.05) is 98.2 Å². The number of amides is 5. The molecule has 0 aliphatic carbocycles. The molecule has 5 heterocycles. The number of anilines is 5. The number of fused-ring (bicyclic) bond motifs is 1. The topological polar surface area (TPSA) is 178 Å². The number of piperazine rings is 2. The van der Waals surface area contributed by atoms with E-state index >= 15 is 0 Å². The van der Waals surface area contributed by atoms with Gasteiger partial charge in [-0.25, -0.2) is 8.78 Å². The molecule has 4 fully saturated rings. The third-order valence-corrected chi connectivity index (χ3v) is 14.2. The molecule has 1 unspecified atom stereocenters. The van der Waals surface area contributed by atoms with Gasteiger partial charge in [-0.3, -0.25) is 34.4 Å². The van der Waals surface area contributed by atoms with Crippen molar-refractivity contribution in [2.24, 2.45) is 0 Å². The number of carbonyl (C=O) groups is 5. The number of hydrogen-bond acceptors (Lipinski definition) is 11. The molecule has 374 valence electrons. The van der Waals surface area contributed by atoms with Crippen molar-refractivity contribution >= 4 is 69.0 Å². The number of aromatic amines is 1. The number of aromatic nitrogens is 2. The Labute approximate surface area is 412 Å². The zero-order valence-electron chi connectivity index (χ0n) is 40.3. The first-order valence-corrected chi connectivity index (χ1v) is 25.0. The molecule has 5 amide bonds. The van der Waals surface area contributed by atoms with E-state index in [9.17, 15) is 32.8 Å². The Morgan fingerprint density at radius 1 is 0.676 bits per heavy atom. The Kier molecular flexibility index (Phi) is 15.4. The molecule has 1 aromatic heterocycles. The molecule has 0 saturated carbocycles. The number of nitrogens with zero attached hydrogens (tertiary/aromatic N) is 6. The van der Waals surface area contributed by atoms with E-state index in [0.717, 1.165) is 100 Å². The molecule has 16 nitrogen and oxygen atoms in total. The molecule has 5 aromatic rings. The Hall–Kier alpha value is -7.08. The van der Waals surface area contributed by atoms with Crippen LogP contribution in [0.25, 0.3) is 10.9 Å². The molecule has 18 heteroatoms. The standard InChI is InChI=1S/C53H63F2N11O5/c1-62-21-23-64(24-22-62)42-12-13-43(52(70)59-51-44-32-35(7-14-45(44)60-61-51)29-36-30-37(54)33-38(55)31-36)47(34-42)57-40-17-19-65(20-18-40)49(68)5-3-2-4-6-50(69)66-27-25-63(26-28-66)41-10-8-39(9-11-41)56-46-15-16-48(67)58-53(46)71/h7-14,30-34,40,46,56-57H,2-6,15-29H2,1H3,(H,58,67,71)(H2,59,60,61,70). The van der Waals surface area contributed by atoms with Gasteiger partial charge >= 0.3 is 0 Å². The molecule has 0 radical (unpaired) electrons. The molecule has 0 bridgehead atoms. The monoisotopic (exact) mass is 971 g/mol. The van der Waals surface area contributed by atoms with Crippen LogP contribution in [0.2, 0.25) is 0 Å². The average Bonchev–Trinajstić information content (AvgIpc) is 3.76. The maximum atomic E-state index is 14.1. The number of nitrogens with one attached hydrogen (secondary N) is 5. The zero-order chi connectivity index (χ0) is 49.4. The van der Waals surface area contributed by atoms with Crippen LogP contribution in [0.4, 0.5) is 37.3 Å². The number of hydrogen-bond donors (Lipinski definition) is 5. The van der Waals surface area contributed by atoms with Gasteiger partial charge in [-0.15, -0.1) is 0 Å². The fourth-order valence-corrected chi connectivity index (χ4v) is 10.1. The normalized spacial score (nSPS) is 18.2. The molecule has 1 atom stereocenters. The van der Waals surface area contributed by atoms with Gasteiger partial charge in [0.2, 0.25) is 23.6 Å². The van der Waals surface area contributed by atoms with Gasteiger partial charge in [-0.2, -0.15) is 5.10 Å². The first-order chi connectivity index (χ1) is 34.4. The van der Waals surface area contributed by atoms with Gasteiger partial charge in [0.25, 0.3) is 5.91 Å². The number of carbonyl (C=O) groups excluding carboxylic acids is 5. The van der Waals surface area contributed by atoms with E-state index in [2.05, 4.69) is 59.3 Å².